The number of aryl methyl sites for hydroxylation is 1. The van der Waals surface area contributed by atoms with Gasteiger partial charge in [0.1, 0.15) is 16.6 Å². The highest BCUT2D eigenvalue weighted by Gasteiger charge is 2.09. The lowest BCUT2D eigenvalue weighted by Crippen LogP contribution is -2.21. The van der Waals surface area contributed by atoms with Gasteiger partial charge in [-0.05, 0) is 18.5 Å². The van der Waals surface area contributed by atoms with Gasteiger partial charge in [0.2, 0.25) is 5.91 Å². The van der Waals surface area contributed by atoms with Crippen LogP contribution in [0.4, 0.5) is 5.00 Å². The maximum Gasteiger partial charge on any atom is 0.236 e. The van der Waals surface area contributed by atoms with Gasteiger partial charge in [-0.25, -0.2) is 0 Å². The SMILES string of the molecule is Cc1nsc(NCC(N)=O)c1C#N. The van der Waals surface area contributed by atoms with Crippen molar-refractivity contribution < 1.29 is 4.79 Å². The molecule has 5 nitrogen and oxygen atoms in total. The molecule has 0 aliphatic rings. The molecule has 0 saturated carbocycles. The molecule has 68 valence electrons. The third-order valence-corrected chi connectivity index (χ3v) is 2.29. The Morgan fingerprint density at radius 2 is 2.54 bits per heavy atom. The maximum atomic E-state index is 10.4. The first-order valence-electron chi connectivity index (χ1n) is 3.53. The molecule has 0 aliphatic heterocycles. The minimum atomic E-state index is -0.463. The summed E-state index contributed by atoms with van der Waals surface area (Å²) in [4.78, 5) is 10.4. The Bertz CT molecular complexity index is 365. The molecule has 13 heavy (non-hydrogen) atoms. The Kier molecular flexibility index (Phi) is 2.82. The molecule has 0 saturated heterocycles. The van der Waals surface area contributed by atoms with Gasteiger partial charge in [0.15, 0.2) is 0 Å². The molecule has 0 aliphatic carbocycles. The van der Waals surface area contributed by atoms with Crippen molar-refractivity contribution >= 4 is 22.4 Å². The van der Waals surface area contributed by atoms with Gasteiger partial charge in [0.05, 0.1) is 12.2 Å². The number of anilines is 1. The number of carbonyl (C=O) groups excluding carboxylic acids is 1. The number of nitrogens with two attached hydrogens (primary N) is 1. The molecule has 0 bridgehead atoms. The number of nitriles is 1. The molecule has 0 radical (unpaired) electrons. The highest BCUT2D eigenvalue weighted by atomic mass is 32.1. The Labute approximate surface area is 79.3 Å². The van der Waals surface area contributed by atoms with Crippen LogP contribution >= 0.6 is 11.5 Å². The average Bonchev–Trinajstić information content (AvgIpc) is 2.42. The van der Waals surface area contributed by atoms with E-state index in [0.717, 1.165) is 11.5 Å². The fourth-order valence-electron chi connectivity index (χ4n) is 0.789. The predicted molar refractivity (Wildman–Crippen MR) is 49.3 cm³/mol. The fourth-order valence-corrected chi connectivity index (χ4v) is 1.53. The summed E-state index contributed by atoms with van der Waals surface area (Å²) in [5.41, 5.74) is 6.08. The summed E-state index contributed by atoms with van der Waals surface area (Å²) in [6.07, 6.45) is 0. The first-order chi connectivity index (χ1) is 6.15. The second-order valence-corrected chi connectivity index (χ2v) is 3.18. The number of nitrogens with zero attached hydrogens (tertiary/aromatic N) is 2. The van der Waals surface area contributed by atoms with Crippen LogP contribution in [0.15, 0.2) is 0 Å². The van der Waals surface area contributed by atoms with Gasteiger partial charge in [0.25, 0.3) is 0 Å². The van der Waals surface area contributed by atoms with Crippen LogP contribution in [0.1, 0.15) is 11.3 Å². The van der Waals surface area contributed by atoms with E-state index in [0.29, 0.717) is 16.3 Å². The highest BCUT2D eigenvalue weighted by Crippen LogP contribution is 2.22. The zero-order valence-corrected chi connectivity index (χ0v) is 7.81. The number of amides is 1. The minimum Gasteiger partial charge on any atom is -0.368 e. The van der Waals surface area contributed by atoms with Crippen molar-refractivity contribution in [3.05, 3.63) is 11.3 Å². The minimum absolute atomic E-state index is 0.0241. The molecule has 0 atom stereocenters. The predicted octanol–water partition coefficient (Wildman–Crippen LogP) is 0.220. The van der Waals surface area contributed by atoms with Gasteiger partial charge in [-0.2, -0.15) is 9.64 Å². The molecule has 1 heterocycles. The number of primary amides is 1. The molecule has 0 aromatic carbocycles. The second kappa shape index (κ2) is 3.87. The van der Waals surface area contributed by atoms with Crippen molar-refractivity contribution in [1.29, 1.82) is 5.26 Å². The van der Waals surface area contributed by atoms with E-state index in [9.17, 15) is 4.79 Å². The summed E-state index contributed by atoms with van der Waals surface area (Å²) in [6, 6.07) is 2.00. The summed E-state index contributed by atoms with van der Waals surface area (Å²) in [7, 11) is 0. The number of carbonyl (C=O) groups is 1. The van der Waals surface area contributed by atoms with Crippen LogP contribution in [0.5, 0.6) is 0 Å². The maximum absolute atomic E-state index is 10.4. The van der Waals surface area contributed by atoms with Crippen LogP contribution in [0.25, 0.3) is 0 Å². The van der Waals surface area contributed by atoms with Crippen molar-refractivity contribution in [2.24, 2.45) is 5.73 Å². The van der Waals surface area contributed by atoms with Crippen molar-refractivity contribution in [2.75, 3.05) is 11.9 Å². The van der Waals surface area contributed by atoms with Crippen molar-refractivity contribution in [3.63, 3.8) is 0 Å². The number of rotatable bonds is 3. The van der Waals surface area contributed by atoms with E-state index in [-0.39, 0.29) is 6.54 Å². The first kappa shape index (κ1) is 9.48. The van der Waals surface area contributed by atoms with Gasteiger partial charge in [-0.1, -0.05) is 0 Å². The molecule has 1 rings (SSSR count). The number of hydrogen-bond donors (Lipinski definition) is 2. The van der Waals surface area contributed by atoms with Crippen LogP contribution in [-0.4, -0.2) is 16.8 Å². The average molecular weight is 196 g/mol. The smallest absolute Gasteiger partial charge is 0.236 e. The molecule has 1 aromatic rings. The third-order valence-electron chi connectivity index (χ3n) is 1.40. The number of hydrogen-bond acceptors (Lipinski definition) is 5. The van der Waals surface area contributed by atoms with Gasteiger partial charge in [-0.3, -0.25) is 4.79 Å². The van der Waals surface area contributed by atoms with Gasteiger partial charge >= 0.3 is 0 Å². The quantitative estimate of drug-likeness (QED) is 0.723. The van der Waals surface area contributed by atoms with E-state index < -0.39 is 5.91 Å². The summed E-state index contributed by atoms with van der Waals surface area (Å²) in [5, 5.41) is 12.1. The summed E-state index contributed by atoms with van der Waals surface area (Å²) in [5.74, 6) is -0.463. The van der Waals surface area contributed by atoms with E-state index in [1.807, 2.05) is 6.07 Å². The molecule has 0 unspecified atom stereocenters. The molecule has 1 aromatic heterocycles. The molecule has 3 N–H and O–H groups in total. The standard InChI is InChI=1S/C7H8N4OS/c1-4-5(2-8)7(13-11-4)10-3-6(9)12/h10H,3H2,1H3,(H2,9,12). The molecule has 0 fully saturated rings. The second-order valence-electron chi connectivity index (χ2n) is 2.40. The van der Waals surface area contributed by atoms with Crippen LogP contribution in [0.3, 0.4) is 0 Å². The summed E-state index contributed by atoms with van der Waals surface area (Å²) < 4.78 is 3.97. The van der Waals surface area contributed by atoms with Gasteiger partial charge in [0, 0.05) is 0 Å². The van der Waals surface area contributed by atoms with E-state index in [4.69, 9.17) is 11.0 Å². The molecular formula is C7H8N4OS. The zero-order valence-electron chi connectivity index (χ0n) is 7.00. The summed E-state index contributed by atoms with van der Waals surface area (Å²) >= 11 is 1.15. The largest absolute Gasteiger partial charge is 0.368 e. The monoisotopic (exact) mass is 196 g/mol. The summed E-state index contributed by atoms with van der Waals surface area (Å²) in [6.45, 7) is 1.76. The van der Waals surface area contributed by atoms with Crippen molar-refractivity contribution in [3.8, 4) is 6.07 Å². The van der Waals surface area contributed by atoms with Gasteiger partial charge < -0.3 is 11.1 Å². The fraction of sp³-hybridized carbons (Fsp3) is 0.286. The lowest BCUT2D eigenvalue weighted by Gasteiger charge is -1.98. The number of aromatic nitrogens is 1. The highest BCUT2D eigenvalue weighted by molar-refractivity contribution is 7.10. The Hall–Kier alpha value is -1.61. The van der Waals surface area contributed by atoms with E-state index in [1.54, 1.807) is 6.92 Å². The van der Waals surface area contributed by atoms with E-state index in [1.165, 1.54) is 0 Å². The van der Waals surface area contributed by atoms with Gasteiger partial charge in [-0.15, -0.1) is 0 Å². The Morgan fingerprint density at radius 1 is 1.85 bits per heavy atom. The van der Waals surface area contributed by atoms with Crippen LogP contribution in [-0.2, 0) is 4.79 Å². The van der Waals surface area contributed by atoms with Crippen LogP contribution in [0.2, 0.25) is 0 Å². The lowest BCUT2D eigenvalue weighted by atomic mass is 10.3. The van der Waals surface area contributed by atoms with Crippen LogP contribution < -0.4 is 11.1 Å². The molecular weight excluding hydrogens is 188 g/mol. The normalized spacial score (nSPS) is 9.23. The third kappa shape index (κ3) is 2.16. The molecule has 6 heteroatoms. The topological polar surface area (TPSA) is 91.8 Å². The first-order valence-corrected chi connectivity index (χ1v) is 4.31. The molecule has 0 spiro atoms. The zero-order chi connectivity index (χ0) is 9.84. The Morgan fingerprint density at radius 3 is 3.08 bits per heavy atom. The van der Waals surface area contributed by atoms with Crippen LogP contribution in [0, 0.1) is 18.3 Å². The Balaban J connectivity index is 2.78. The van der Waals surface area contributed by atoms with E-state index >= 15 is 0 Å². The van der Waals surface area contributed by atoms with Crippen molar-refractivity contribution in [2.45, 2.75) is 6.92 Å². The lowest BCUT2D eigenvalue weighted by molar-refractivity contribution is -0.116. The molecule has 1 amide bonds. The van der Waals surface area contributed by atoms with Crippen molar-refractivity contribution in [1.82, 2.24) is 4.37 Å². The van der Waals surface area contributed by atoms with E-state index in [2.05, 4.69) is 9.69 Å². The number of nitrogens with one attached hydrogen (secondary N) is 1.